The van der Waals surface area contributed by atoms with Crippen molar-refractivity contribution in [3.05, 3.63) is 149 Å². The van der Waals surface area contributed by atoms with E-state index in [1.54, 1.807) is 62.4 Å². The zero-order valence-corrected chi connectivity index (χ0v) is 27.7. The zero-order valence-electron chi connectivity index (χ0n) is 27.4. The van der Waals surface area contributed by atoms with Gasteiger partial charge in [-0.05, 0) is 30.3 Å². The van der Waals surface area contributed by atoms with Crippen LogP contribution in [-0.4, -0.2) is 19.2 Å². The molecule has 19 heteroatoms. The number of azo groups is 2. The van der Waals surface area contributed by atoms with Gasteiger partial charge in [0.15, 0.2) is 0 Å². The third kappa shape index (κ3) is 8.37. The second-order valence-electron chi connectivity index (χ2n) is 10.2. The van der Waals surface area contributed by atoms with Gasteiger partial charge in [0.2, 0.25) is 0 Å². The number of nitro groups is 2. The van der Waals surface area contributed by atoms with E-state index in [1.807, 2.05) is 12.1 Å². The van der Waals surface area contributed by atoms with Crippen LogP contribution in [0.25, 0.3) is 11.4 Å². The van der Waals surface area contributed by atoms with Crippen LogP contribution in [0.1, 0.15) is 12.8 Å². The summed E-state index contributed by atoms with van der Waals surface area (Å²) in [5, 5.41) is 68.3. The molecule has 0 N–H and O–H groups in total. The Balaban J connectivity index is 0.000000270. The standard InChI is InChI=1S/2C16H13N5O4.Cr/c1-10-15(16(23)20(19-10)11-5-3-2-4-6-11)18-17-13-9-12(21(24)25)7-8-14(13)22;1-10-15(16(23)20(19-10)11-5-3-2-4-6-11)18-17-13-8-7-12(21(24)25)9-14(13)22;/h2*2-9H,1H3,(H2,17,18,19,22,23);/q;;+3/p-3. The van der Waals surface area contributed by atoms with Gasteiger partial charge < -0.3 is 29.8 Å². The van der Waals surface area contributed by atoms with Gasteiger partial charge >= 0.3 is 18.8 Å². The Morgan fingerprint density at radius 3 is 1.47 bits per heavy atom. The molecule has 6 rings (SSSR count). The van der Waals surface area contributed by atoms with E-state index in [1.165, 1.54) is 15.4 Å². The van der Waals surface area contributed by atoms with Crippen LogP contribution in [0.2, 0.25) is 0 Å². The van der Waals surface area contributed by atoms with Crippen LogP contribution in [0.15, 0.2) is 127 Å². The molecule has 2 heterocycles. The van der Waals surface area contributed by atoms with Crippen LogP contribution in [0.5, 0.6) is 11.5 Å². The van der Waals surface area contributed by atoms with Crippen molar-refractivity contribution >= 4 is 34.1 Å². The van der Waals surface area contributed by atoms with Crippen molar-refractivity contribution in [3.63, 3.8) is 0 Å². The molecule has 0 fully saturated rings. The number of nitro benzene ring substituents is 2. The third-order valence-electron chi connectivity index (χ3n) is 6.80. The molecule has 0 aliphatic rings. The van der Waals surface area contributed by atoms with Crippen LogP contribution < -0.4 is 31.5 Å². The van der Waals surface area contributed by atoms with Crippen molar-refractivity contribution in [1.29, 1.82) is 0 Å². The van der Waals surface area contributed by atoms with Crippen LogP contribution in [-0.2, 0) is 17.4 Å². The van der Waals surface area contributed by atoms with Crippen molar-refractivity contribution in [2.45, 2.75) is 13.8 Å². The summed E-state index contributed by atoms with van der Waals surface area (Å²) in [6.07, 6.45) is 0. The number of para-hydroxylation sites is 2. The van der Waals surface area contributed by atoms with Gasteiger partial charge in [0, 0.05) is 35.6 Å². The fourth-order valence-electron chi connectivity index (χ4n) is 4.32. The van der Waals surface area contributed by atoms with Crippen LogP contribution in [0, 0.1) is 34.1 Å². The number of nitrogens with zero attached hydrogens (tertiary/aromatic N) is 10. The number of benzene rings is 4. The van der Waals surface area contributed by atoms with Gasteiger partial charge in [-0.1, -0.05) is 67.8 Å². The smallest absolute Gasteiger partial charge is 0.871 e. The zero-order chi connectivity index (χ0) is 35.9. The monoisotopic (exact) mass is 727 g/mol. The van der Waals surface area contributed by atoms with E-state index in [-0.39, 0.29) is 52.9 Å². The first-order chi connectivity index (χ1) is 23.9. The summed E-state index contributed by atoms with van der Waals surface area (Å²) in [6.45, 7) is 3.18. The molecule has 2 aromatic heterocycles. The number of aromatic nitrogens is 4. The molecule has 0 unspecified atom stereocenters. The molecule has 18 nitrogen and oxygen atoms in total. The Labute approximate surface area is 298 Å². The fourth-order valence-corrected chi connectivity index (χ4v) is 4.32. The Morgan fingerprint density at radius 2 is 1.02 bits per heavy atom. The largest absolute Gasteiger partial charge is 3.00 e. The van der Waals surface area contributed by atoms with E-state index in [9.17, 15) is 40.0 Å². The van der Waals surface area contributed by atoms with E-state index >= 15 is 0 Å². The van der Waals surface area contributed by atoms with Gasteiger partial charge in [-0.2, -0.15) is 10.2 Å². The maximum absolute atomic E-state index is 12.4. The summed E-state index contributed by atoms with van der Waals surface area (Å²) >= 11 is 0. The average Bonchev–Trinajstić information content (AvgIpc) is 3.56. The first-order valence-electron chi connectivity index (χ1n) is 14.3. The van der Waals surface area contributed by atoms with Crippen molar-refractivity contribution in [1.82, 2.24) is 19.6 Å². The minimum atomic E-state index is -0.674. The predicted molar refractivity (Wildman–Crippen MR) is 175 cm³/mol. The van der Waals surface area contributed by atoms with E-state index in [2.05, 4.69) is 30.7 Å². The molecular weight excluding hydrogens is 704 g/mol. The van der Waals surface area contributed by atoms with Gasteiger partial charge in [0.1, 0.15) is 11.4 Å². The van der Waals surface area contributed by atoms with Gasteiger partial charge in [0.25, 0.3) is 22.5 Å². The van der Waals surface area contributed by atoms with Crippen LogP contribution in [0.3, 0.4) is 0 Å². The number of rotatable bonds is 8. The fraction of sp³-hybridized carbons (Fsp3) is 0.0625. The van der Waals surface area contributed by atoms with E-state index in [0.717, 1.165) is 30.3 Å². The van der Waals surface area contributed by atoms with Crippen LogP contribution >= 0.6 is 0 Å². The molecule has 6 aromatic rings. The summed E-state index contributed by atoms with van der Waals surface area (Å²) in [6, 6.07) is 23.9. The summed E-state index contributed by atoms with van der Waals surface area (Å²) in [5.41, 5.74) is -0.105. The maximum atomic E-state index is 12.4. The first-order valence-corrected chi connectivity index (χ1v) is 14.3. The molecule has 255 valence electrons. The van der Waals surface area contributed by atoms with Crippen molar-refractivity contribution in [2.24, 2.45) is 20.5 Å². The quantitative estimate of drug-likeness (QED) is 0.114. The van der Waals surface area contributed by atoms with Crippen molar-refractivity contribution in [3.8, 4) is 22.9 Å². The summed E-state index contributed by atoms with van der Waals surface area (Å²) in [4.78, 5) is 44.9. The summed E-state index contributed by atoms with van der Waals surface area (Å²) < 4.78 is 2.37. The van der Waals surface area contributed by atoms with Gasteiger partial charge in [-0.15, -0.1) is 21.6 Å². The molecule has 0 aliphatic heterocycles. The van der Waals surface area contributed by atoms with E-state index in [0.29, 0.717) is 22.8 Å². The topological polar surface area (TPSA) is 254 Å². The second kappa shape index (κ2) is 16.0. The Hall–Kier alpha value is -6.97. The van der Waals surface area contributed by atoms with Gasteiger partial charge in [0.05, 0.1) is 21.2 Å². The molecule has 0 saturated heterocycles. The second-order valence-corrected chi connectivity index (χ2v) is 10.2. The van der Waals surface area contributed by atoms with Crippen LogP contribution in [0.4, 0.5) is 34.1 Å². The Bertz CT molecular complexity index is 2390. The summed E-state index contributed by atoms with van der Waals surface area (Å²) in [7, 11) is 0. The normalized spacial score (nSPS) is 10.9. The Morgan fingerprint density at radius 1 is 0.588 bits per heavy atom. The van der Waals surface area contributed by atoms with E-state index in [4.69, 9.17) is 0 Å². The minimum absolute atomic E-state index is 0. The van der Waals surface area contributed by atoms with Crippen molar-refractivity contribution in [2.75, 3.05) is 0 Å². The Kier molecular flexibility index (Phi) is 11.5. The van der Waals surface area contributed by atoms with E-state index < -0.39 is 32.5 Å². The number of hydrogen-bond donors (Lipinski definition) is 0. The van der Waals surface area contributed by atoms with Gasteiger partial charge in [-0.3, -0.25) is 29.8 Å². The molecule has 0 spiro atoms. The SMILES string of the molecule is Cc1[n-]n(-c2ccccc2)c(=O)c1N=Nc1cc([N+](=O)[O-])ccc1[O-].Cc1[n-]n(-c2ccccc2)c(=O)c1N=Nc1ccc([N+](=O)[O-])cc1[O-].[Cr+3].[H+]. The van der Waals surface area contributed by atoms with Gasteiger partial charge in [-0.25, -0.2) is 0 Å². The first kappa shape index (κ1) is 36.9. The molecule has 0 bridgehead atoms. The number of non-ortho nitro benzene ring substituents is 2. The molecule has 0 amide bonds. The number of aryl methyl sites for hydroxylation is 2. The number of hydrogen-bond acceptors (Lipinski definition) is 12. The molecule has 4 aromatic carbocycles. The average molecular weight is 728 g/mol. The molecular formula is C32H23CrN10O8. The predicted octanol–water partition coefficient (Wildman–Crippen LogP) is 5.11. The van der Waals surface area contributed by atoms with Crippen molar-refractivity contribution < 1.29 is 38.8 Å². The third-order valence-corrected chi connectivity index (χ3v) is 6.80. The minimum Gasteiger partial charge on any atom is -0.871 e. The summed E-state index contributed by atoms with van der Waals surface area (Å²) in [5.74, 6) is -1.19. The molecule has 0 aliphatic carbocycles. The molecule has 1 radical (unpaired) electrons. The maximum Gasteiger partial charge on any atom is 3.00 e. The molecule has 51 heavy (non-hydrogen) atoms. The molecule has 0 saturated carbocycles. The molecule has 0 atom stereocenters.